The van der Waals surface area contributed by atoms with Gasteiger partial charge >= 0.3 is 0 Å². The number of ether oxygens (including phenoxy) is 2. The first-order valence-corrected chi connectivity index (χ1v) is 8.70. The van der Waals surface area contributed by atoms with E-state index in [0.29, 0.717) is 27.6 Å². The van der Waals surface area contributed by atoms with Gasteiger partial charge in [0.15, 0.2) is 11.5 Å². The summed E-state index contributed by atoms with van der Waals surface area (Å²) in [6.45, 7) is 1.48. The molecule has 0 bridgehead atoms. The van der Waals surface area contributed by atoms with Crippen LogP contribution >= 0.6 is 23.2 Å². The Hall–Kier alpha value is -1.42. The number of rotatable bonds is 5. The number of benzene rings is 2. The summed E-state index contributed by atoms with van der Waals surface area (Å²) in [6, 6.07) is 11.3. The van der Waals surface area contributed by atoms with Gasteiger partial charge in [-0.1, -0.05) is 35.3 Å². The number of phenolic OH excluding ortho intramolecular Hbond substituents is 1. The Balaban J connectivity index is 1.69. The third-order valence-corrected chi connectivity index (χ3v) is 5.29. The molecule has 0 aliphatic carbocycles. The molecule has 2 aromatic rings. The maximum atomic E-state index is 9.94. The Morgan fingerprint density at radius 3 is 2.21 bits per heavy atom. The predicted octanol–water partition coefficient (Wildman–Crippen LogP) is 4.76. The van der Waals surface area contributed by atoms with E-state index >= 15 is 0 Å². The van der Waals surface area contributed by atoms with Gasteiger partial charge in [0.05, 0.1) is 30.4 Å². The lowest BCUT2D eigenvalue weighted by Gasteiger charge is -2.18. The zero-order chi connectivity index (χ0) is 17.1. The molecule has 0 amide bonds. The second-order valence-corrected chi connectivity index (χ2v) is 7.03. The van der Waals surface area contributed by atoms with Gasteiger partial charge in [0, 0.05) is 0 Å². The molecule has 1 heterocycles. The Morgan fingerprint density at radius 1 is 1.00 bits per heavy atom. The average molecular weight is 367 g/mol. The molecule has 3 nitrogen and oxygen atoms in total. The Kier molecular flexibility index (Phi) is 5.54. The highest BCUT2D eigenvalue weighted by Gasteiger charge is 2.28. The minimum Gasteiger partial charge on any atom is -0.504 e. The largest absolute Gasteiger partial charge is 0.504 e. The van der Waals surface area contributed by atoms with Crippen LogP contribution in [0.4, 0.5) is 0 Å². The summed E-state index contributed by atoms with van der Waals surface area (Å²) in [7, 11) is 1.55. The minimum atomic E-state index is 0.176. The van der Waals surface area contributed by atoms with Crippen LogP contribution in [0.1, 0.15) is 11.1 Å². The molecule has 1 aliphatic heterocycles. The summed E-state index contributed by atoms with van der Waals surface area (Å²) in [6.07, 6.45) is 1.77. The van der Waals surface area contributed by atoms with Crippen molar-refractivity contribution in [3.8, 4) is 11.5 Å². The molecule has 1 aliphatic rings. The third kappa shape index (κ3) is 3.97. The first-order chi connectivity index (χ1) is 11.6. The fourth-order valence-corrected chi connectivity index (χ4v) is 3.55. The summed E-state index contributed by atoms with van der Waals surface area (Å²) in [5, 5.41) is 11.1. The van der Waals surface area contributed by atoms with E-state index in [2.05, 4.69) is 0 Å². The Bertz CT molecular complexity index is 718. The van der Waals surface area contributed by atoms with E-state index in [1.165, 1.54) is 5.56 Å². The van der Waals surface area contributed by atoms with E-state index in [4.69, 9.17) is 32.7 Å². The third-order valence-electron chi connectivity index (χ3n) is 4.55. The van der Waals surface area contributed by atoms with Crippen molar-refractivity contribution >= 4 is 23.2 Å². The van der Waals surface area contributed by atoms with Crippen molar-refractivity contribution in [1.29, 1.82) is 0 Å². The molecule has 3 rings (SSSR count). The van der Waals surface area contributed by atoms with Crippen LogP contribution in [0.5, 0.6) is 11.5 Å². The van der Waals surface area contributed by atoms with Crippen LogP contribution in [-0.4, -0.2) is 25.4 Å². The zero-order valence-corrected chi connectivity index (χ0v) is 15.0. The quantitative estimate of drug-likeness (QED) is 0.829. The normalized spacial score (nSPS) is 20.3. The molecule has 1 N–H and O–H groups in total. The SMILES string of the molecule is COc1ccc(C[C@H]2COC[C@@H]2Cc2ccc(Cl)c(Cl)c2)cc1O. The van der Waals surface area contributed by atoms with Gasteiger partial charge in [-0.05, 0) is 60.1 Å². The van der Waals surface area contributed by atoms with Crippen molar-refractivity contribution in [2.45, 2.75) is 12.8 Å². The molecule has 128 valence electrons. The highest BCUT2D eigenvalue weighted by molar-refractivity contribution is 6.42. The van der Waals surface area contributed by atoms with Crippen LogP contribution in [-0.2, 0) is 17.6 Å². The van der Waals surface area contributed by atoms with Crippen molar-refractivity contribution < 1.29 is 14.6 Å². The number of hydrogen-bond donors (Lipinski definition) is 1. The van der Waals surface area contributed by atoms with Crippen molar-refractivity contribution in [3.05, 3.63) is 57.6 Å². The summed E-state index contributed by atoms with van der Waals surface area (Å²) in [5.41, 5.74) is 2.26. The molecule has 2 aromatic carbocycles. The molecule has 1 fully saturated rings. The molecule has 5 heteroatoms. The second kappa shape index (κ2) is 7.64. The molecule has 2 atom stereocenters. The Labute approximate surface area is 152 Å². The first kappa shape index (κ1) is 17.4. The zero-order valence-electron chi connectivity index (χ0n) is 13.5. The lowest BCUT2D eigenvalue weighted by molar-refractivity contribution is 0.180. The van der Waals surface area contributed by atoms with Gasteiger partial charge < -0.3 is 14.6 Å². The smallest absolute Gasteiger partial charge is 0.160 e. The van der Waals surface area contributed by atoms with Crippen molar-refractivity contribution in [1.82, 2.24) is 0 Å². The Morgan fingerprint density at radius 2 is 1.62 bits per heavy atom. The van der Waals surface area contributed by atoms with Crippen LogP contribution < -0.4 is 4.74 Å². The number of methoxy groups -OCH3 is 1. The molecule has 0 radical (unpaired) electrons. The monoisotopic (exact) mass is 366 g/mol. The fourth-order valence-electron chi connectivity index (χ4n) is 3.23. The number of hydrogen-bond acceptors (Lipinski definition) is 3. The van der Waals surface area contributed by atoms with Gasteiger partial charge in [-0.15, -0.1) is 0 Å². The number of halogens is 2. The molecule has 0 spiro atoms. The average Bonchev–Trinajstić information content (AvgIpc) is 2.98. The summed E-state index contributed by atoms with van der Waals surface area (Å²) in [5.74, 6) is 1.50. The van der Waals surface area contributed by atoms with Gasteiger partial charge in [0.1, 0.15) is 0 Å². The van der Waals surface area contributed by atoms with Crippen LogP contribution in [0.2, 0.25) is 10.0 Å². The number of aromatic hydroxyl groups is 1. The first-order valence-electron chi connectivity index (χ1n) is 7.94. The maximum absolute atomic E-state index is 9.94. The molecule has 0 saturated carbocycles. The molecule has 0 unspecified atom stereocenters. The van der Waals surface area contributed by atoms with Crippen molar-refractivity contribution in [2.24, 2.45) is 11.8 Å². The van der Waals surface area contributed by atoms with Gasteiger partial charge in [-0.2, -0.15) is 0 Å². The highest BCUT2D eigenvalue weighted by atomic mass is 35.5. The number of phenols is 1. The van der Waals surface area contributed by atoms with Crippen molar-refractivity contribution in [3.63, 3.8) is 0 Å². The van der Waals surface area contributed by atoms with E-state index < -0.39 is 0 Å². The van der Waals surface area contributed by atoms with E-state index in [0.717, 1.165) is 31.6 Å². The van der Waals surface area contributed by atoms with E-state index in [1.807, 2.05) is 24.3 Å². The summed E-state index contributed by atoms with van der Waals surface area (Å²) < 4.78 is 10.8. The molecule has 0 aromatic heterocycles. The van der Waals surface area contributed by atoms with Gasteiger partial charge in [-0.25, -0.2) is 0 Å². The van der Waals surface area contributed by atoms with Gasteiger partial charge in [-0.3, -0.25) is 0 Å². The van der Waals surface area contributed by atoms with Crippen molar-refractivity contribution in [2.75, 3.05) is 20.3 Å². The van der Waals surface area contributed by atoms with E-state index in [1.54, 1.807) is 19.2 Å². The fraction of sp³-hybridized carbons (Fsp3) is 0.368. The topological polar surface area (TPSA) is 38.7 Å². The molecular weight excluding hydrogens is 347 g/mol. The molecular formula is C19H20Cl2O3. The predicted molar refractivity (Wildman–Crippen MR) is 96.3 cm³/mol. The summed E-state index contributed by atoms with van der Waals surface area (Å²) >= 11 is 12.1. The van der Waals surface area contributed by atoms with Crippen LogP contribution in [0.15, 0.2) is 36.4 Å². The maximum Gasteiger partial charge on any atom is 0.160 e. The minimum absolute atomic E-state index is 0.176. The van der Waals surface area contributed by atoms with Gasteiger partial charge in [0.25, 0.3) is 0 Å². The van der Waals surface area contributed by atoms with E-state index in [9.17, 15) is 5.11 Å². The van der Waals surface area contributed by atoms with Crippen LogP contribution in [0.25, 0.3) is 0 Å². The molecule has 24 heavy (non-hydrogen) atoms. The van der Waals surface area contributed by atoms with E-state index in [-0.39, 0.29) is 5.75 Å². The highest BCUT2D eigenvalue weighted by Crippen LogP contribution is 2.32. The van der Waals surface area contributed by atoms with Crippen LogP contribution in [0, 0.1) is 11.8 Å². The summed E-state index contributed by atoms with van der Waals surface area (Å²) in [4.78, 5) is 0. The lowest BCUT2D eigenvalue weighted by Crippen LogP contribution is -2.17. The molecule has 1 saturated heterocycles. The standard InChI is InChI=1S/C19H20Cl2O3/c1-23-19-5-3-13(9-18(19)22)7-15-11-24-10-14(15)6-12-2-4-16(20)17(21)8-12/h2-5,8-9,14-15,22H,6-7,10-11H2,1H3/t14-,15-/m0/s1. The van der Waals surface area contributed by atoms with Crippen LogP contribution in [0.3, 0.4) is 0 Å². The van der Waals surface area contributed by atoms with Gasteiger partial charge in [0.2, 0.25) is 0 Å². The lowest BCUT2D eigenvalue weighted by atomic mass is 9.85. The second-order valence-electron chi connectivity index (χ2n) is 6.22.